The summed E-state index contributed by atoms with van der Waals surface area (Å²) in [6, 6.07) is 14.8. The summed E-state index contributed by atoms with van der Waals surface area (Å²) >= 11 is 3.43. The minimum absolute atomic E-state index is 0.128. The van der Waals surface area contributed by atoms with Crippen molar-refractivity contribution in [1.82, 2.24) is 10.6 Å². The lowest BCUT2D eigenvalue weighted by molar-refractivity contribution is -0.116. The van der Waals surface area contributed by atoms with Crippen LogP contribution in [-0.4, -0.2) is 18.9 Å². The molecule has 2 amide bonds. The Morgan fingerprint density at radius 3 is 2.43 bits per heavy atom. The molecule has 0 atom stereocenters. The van der Waals surface area contributed by atoms with Crippen LogP contribution in [0, 0.1) is 0 Å². The first-order valence-corrected chi connectivity index (χ1v) is 7.91. The summed E-state index contributed by atoms with van der Waals surface area (Å²) in [5.74, 6) is -0.298. The maximum atomic E-state index is 11.8. The van der Waals surface area contributed by atoms with E-state index in [9.17, 15) is 9.59 Å². The smallest absolute Gasteiger partial charge is 0.251 e. The fourth-order valence-corrected chi connectivity index (χ4v) is 2.36. The largest absolute Gasteiger partial charge is 0.355 e. The molecule has 2 aromatic rings. The molecule has 0 heterocycles. The number of nitrogens with one attached hydrogen (secondary N) is 2. The second-order valence-electron chi connectivity index (χ2n) is 4.85. The first-order valence-electron chi connectivity index (χ1n) is 7.11. The molecule has 2 rings (SSSR count). The molecular formula is C18H17BrN2O2. The lowest BCUT2D eigenvalue weighted by atomic mass is 10.1. The van der Waals surface area contributed by atoms with E-state index >= 15 is 0 Å². The highest BCUT2D eigenvalue weighted by Crippen LogP contribution is 2.16. The van der Waals surface area contributed by atoms with Crippen molar-refractivity contribution in [2.24, 2.45) is 0 Å². The maximum Gasteiger partial charge on any atom is 0.251 e. The molecule has 0 aromatic heterocycles. The molecular weight excluding hydrogens is 356 g/mol. The van der Waals surface area contributed by atoms with Crippen molar-refractivity contribution in [1.29, 1.82) is 0 Å². The number of benzene rings is 2. The van der Waals surface area contributed by atoms with Crippen molar-refractivity contribution in [2.75, 3.05) is 7.05 Å². The van der Waals surface area contributed by atoms with Crippen LogP contribution in [-0.2, 0) is 11.3 Å². The number of rotatable bonds is 5. The van der Waals surface area contributed by atoms with Gasteiger partial charge in [-0.2, -0.15) is 0 Å². The summed E-state index contributed by atoms with van der Waals surface area (Å²) < 4.78 is 0.939. The van der Waals surface area contributed by atoms with Gasteiger partial charge in [-0.15, -0.1) is 0 Å². The fraction of sp³-hybridized carbons (Fsp3) is 0.111. The van der Waals surface area contributed by atoms with Gasteiger partial charge in [0, 0.05) is 29.7 Å². The van der Waals surface area contributed by atoms with Crippen LogP contribution >= 0.6 is 15.9 Å². The molecule has 0 bridgehead atoms. The SMILES string of the molecule is CNC(=O)c1ccc(CNC(=O)/C=C/c2ccccc2Br)cc1. The van der Waals surface area contributed by atoms with Crippen molar-refractivity contribution in [3.63, 3.8) is 0 Å². The Bertz CT molecular complexity index is 724. The molecule has 0 spiro atoms. The van der Waals surface area contributed by atoms with Gasteiger partial charge in [0.25, 0.3) is 5.91 Å². The molecule has 118 valence electrons. The minimum Gasteiger partial charge on any atom is -0.355 e. The number of hydrogen-bond acceptors (Lipinski definition) is 2. The Morgan fingerprint density at radius 1 is 1.09 bits per heavy atom. The Morgan fingerprint density at radius 2 is 1.78 bits per heavy atom. The van der Waals surface area contributed by atoms with Gasteiger partial charge in [0.15, 0.2) is 0 Å². The summed E-state index contributed by atoms with van der Waals surface area (Å²) in [5, 5.41) is 5.38. The van der Waals surface area contributed by atoms with Gasteiger partial charge in [-0.1, -0.05) is 46.3 Å². The minimum atomic E-state index is -0.170. The average Bonchev–Trinajstić information content (AvgIpc) is 2.59. The monoisotopic (exact) mass is 372 g/mol. The lowest BCUT2D eigenvalue weighted by Gasteiger charge is -2.04. The van der Waals surface area contributed by atoms with Gasteiger partial charge in [0.1, 0.15) is 0 Å². The first kappa shape index (κ1) is 17.0. The Kier molecular flexibility index (Phi) is 6.11. The van der Waals surface area contributed by atoms with E-state index in [1.165, 1.54) is 6.08 Å². The molecule has 0 aliphatic carbocycles. The van der Waals surface area contributed by atoms with Gasteiger partial charge in [-0.05, 0) is 35.4 Å². The predicted octanol–water partition coefficient (Wildman–Crippen LogP) is 3.14. The first-order chi connectivity index (χ1) is 11.1. The number of hydrogen-bond donors (Lipinski definition) is 2. The topological polar surface area (TPSA) is 58.2 Å². The molecule has 2 aromatic carbocycles. The van der Waals surface area contributed by atoms with Gasteiger partial charge >= 0.3 is 0 Å². The maximum absolute atomic E-state index is 11.8. The third kappa shape index (κ3) is 5.07. The predicted molar refractivity (Wildman–Crippen MR) is 94.9 cm³/mol. The molecule has 0 unspecified atom stereocenters. The van der Waals surface area contributed by atoms with Crippen molar-refractivity contribution in [3.8, 4) is 0 Å². The quantitative estimate of drug-likeness (QED) is 0.792. The molecule has 0 radical (unpaired) electrons. The molecule has 4 nitrogen and oxygen atoms in total. The lowest BCUT2D eigenvalue weighted by Crippen LogP contribution is -2.20. The molecule has 0 aliphatic rings. The molecule has 23 heavy (non-hydrogen) atoms. The summed E-state index contributed by atoms with van der Waals surface area (Å²) in [7, 11) is 1.59. The summed E-state index contributed by atoms with van der Waals surface area (Å²) in [5.41, 5.74) is 2.47. The highest BCUT2D eigenvalue weighted by Gasteiger charge is 2.03. The van der Waals surface area contributed by atoms with E-state index in [2.05, 4.69) is 26.6 Å². The van der Waals surface area contributed by atoms with Crippen LogP contribution in [0.15, 0.2) is 59.1 Å². The standard InChI is InChI=1S/C18H17BrN2O2/c1-20-18(23)15-8-6-13(7-9-15)12-21-17(22)11-10-14-4-2-3-5-16(14)19/h2-11H,12H2,1H3,(H,20,23)(H,21,22)/b11-10+. The zero-order chi connectivity index (χ0) is 16.7. The number of amides is 2. The van der Waals surface area contributed by atoms with Gasteiger partial charge in [-0.25, -0.2) is 0 Å². The third-order valence-corrected chi connectivity index (χ3v) is 3.95. The van der Waals surface area contributed by atoms with Crippen LogP contribution < -0.4 is 10.6 Å². The summed E-state index contributed by atoms with van der Waals surface area (Å²) in [6.45, 7) is 0.410. The molecule has 5 heteroatoms. The van der Waals surface area contributed by atoms with E-state index in [1.54, 1.807) is 25.3 Å². The molecule has 0 aliphatic heterocycles. The number of halogens is 1. The van der Waals surface area contributed by atoms with E-state index in [0.29, 0.717) is 12.1 Å². The van der Waals surface area contributed by atoms with Crippen LogP contribution in [0.4, 0.5) is 0 Å². The highest BCUT2D eigenvalue weighted by molar-refractivity contribution is 9.10. The second-order valence-corrected chi connectivity index (χ2v) is 5.70. The Labute approximate surface area is 143 Å². The van der Waals surface area contributed by atoms with Gasteiger partial charge in [0.2, 0.25) is 5.91 Å². The van der Waals surface area contributed by atoms with Crippen LogP contribution in [0.3, 0.4) is 0 Å². The number of carbonyl (C=O) groups is 2. The van der Waals surface area contributed by atoms with Crippen molar-refractivity contribution in [2.45, 2.75) is 6.54 Å². The van der Waals surface area contributed by atoms with E-state index in [-0.39, 0.29) is 11.8 Å². The van der Waals surface area contributed by atoms with Gasteiger partial charge in [0.05, 0.1) is 0 Å². The van der Waals surface area contributed by atoms with E-state index < -0.39 is 0 Å². The normalized spacial score (nSPS) is 10.5. The van der Waals surface area contributed by atoms with Crippen LogP contribution in [0.25, 0.3) is 6.08 Å². The average molecular weight is 373 g/mol. The van der Waals surface area contributed by atoms with Gasteiger partial charge in [-0.3, -0.25) is 9.59 Å². The highest BCUT2D eigenvalue weighted by atomic mass is 79.9. The van der Waals surface area contributed by atoms with E-state index in [1.807, 2.05) is 36.4 Å². The molecule has 0 saturated carbocycles. The second kappa shape index (κ2) is 8.29. The third-order valence-electron chi connectivity index (χ3n) is 3.23. The van der Waals surface area contributed by atoms with Crippen LogP contribution in [0.2, 0.25) is 0 Å². The molecule has 0 saturated heterocycles. The fourth-order valence-electron chi connectivity index (χ4n) is 1.94. The molecule has 0 fully saturated rings. The zero-order valence-electron chi connectivity index (χ0n) is 12.7. The number of carbonyl (C=O) groups excluding carboxylic acids is 2. The summed E-state index contributed by atoms with van der Waals surface area (Å²) in [6.07, 6.45) is 3.26. The zero-order valence-corrected chi connectivity index (χ0v) is 14.3. The van der Waals surface area contributed by atoms with E-state index in [0.717, 1.165) is 15.6 Å². The van der Waals surface area contributed by atoms with Crippen molar-refractivity contribution < 1.29 is 9.59 Å². The summed E-state index contributed by atoms with van der Waals surface area (Å²) in [4.78, 5) is 23.3. The van der Waals surface area contributed by atoms with E-state index in [4.69, 9.17) is 0 Å². The molecule has 2 N–H and O–H groups in total. The van der Waals surface area contributed by atoms with Crippen molar-refractivity contribution in [3.05, 3.63) is 75.8 Å². The Hall–Kier alpha value is -2.40. The van der Waals surface area contributed by atoms with Crippen LogP contribution in [0.5, 0.6) is 0 Å². The van der Waals surface area contributed by atoms with Crippen LogP contribution in [0.1, 0.15) is 21.5 Å². The van der Waals surface area contributed by atoms with Crippen molar-refractivity contribution >= 4 is 33.8 Å². The van der Waals surface area contributed by atoms with Gasteiger partial charge < -0.3 is 10.6 Å². The Balaban J connectivity index is 1.89.